The number of carbonyl (C=O) groups excluding carboxylic acids is 1. The summed E-state index contributed by atoms with van der Waals surface area (Å²) >= 11 is 5.83. The molecule has 0 spiro atoms. The van der Waals surface area contributed by atoms with E-state index in [0.29, 0.717) is 12.8 Å². The molecule has 8 heteroatoms. The fraction of sp³-hybridized carbons (Fsp3) is 0.391. The standard InChI is InChI=1S/C23H26ClFN2O4/c1-13(2)16-6-4-5-7-20(16)27(15-8-14(9-15)10-22(28)29)23(30)26-19-12-18(25)17(24)11-21(19)31-3/h4-7,11-15H,8-10H2,1-3H3,(H,26,30)(H,28,29)/t14-,15+. The van der Waals surface area contributed by atoms with Gasteiger partial charge in [-0.25, -0.2) is 9.18 Å². The van der Waals surface area contributed by atoms with Crippen LogP contribution in [0.1, 0.15) is 44.6 Å². The monoisotopic (exact) mass is 448 g/mol. The van der Waals surface area contributed by atoms with Crippen LogP contribution in [0.3, 0.4) is 0 Å². The Kier molecular flexibility index (Phi) is 7.05. The fourth-order valence-corrected chi connectivity index (χ4v) is 4.12. The summed E-state index contributed by atoms with van der Waals surface area (Å²) in [6, 6.07) is 9.46. The molecular weight excluding hydrogens is 423 g/mol. The van der Waals surface area contributed by atoms with Gasteiger partial charge in [-0.3, -0.25) is 9.69 Å². The fourth-order valence-electron chi connectivity index (χ4n) is 3.96. The van der Waals surface area contributed by atoms with Gasteiger partial charge in [0.15, 0.2) is 0 Å². The number of para-hydroxylation sites is 1. The Balaban J connectivity index is 1.93. The molecule has 2 aromatic carbocycles. The number of hydrogen-bond acceptors (Lipinski definition) is 3. The van der Waals surface area contributed by atoms with Crippen molar-refractivity contribution in [2.24, 2.45) is 5.92 Å². The number of anilines is 2. The second-order valence-corrected chi connectivity index (χ2v) is 8.48. The Hall–Kier alpha value is -2.80. The van der Waals surface area contributed by atoms with Gasteiger partial charge in [-0.2, -0.15) is 0 Å². The van der Waals surface area contributed by atoms with Gasteiger partial charge in [-0.1, -0.05) is 43.6 Å². The third-order valence-corrected chi connectivity index (χ3v) is 5.85. The molecule has 3 rings (SSSR count). The minimum atomic E-state index is -0.844. The van der Waals surface area contributed by atoms with E-state index in [-0.39, 0.29) is 40.8 Å². The number of hydrogen-bond donors (Lipinski definition) is 2. The molecule has 166 valence electrons. The summed E-state index contributed by atoms with van der Waals surface area (Å²) in [6.45, 7) is 4.08. The van der Waals surface area contributed by atoms with Crippen LogP contribution >= 0.6 is 11.6 Å². The van der Waals surface area contributed by atoms with Crippen LogP contribution < -0.4 is 15.0 Å². The van der Waals surface area contributed by atoms with E-state index in [1.54, 1.807) is 4.90 Å². The van der Waals surface area contributed by atoms with E-state index in [9.17, 15) is 14.0 Å². The van der Waals surface area contributed by atoms with E-state index >= 15 is 0 Å². The second-order valence-electron chi connectivity index (χ2n) is 8.07. The number of urea groups is 1. The van der Waals surface area contributed by atoms with E-state index in [1.165, 1.54) is 13.2 Å². The quantitative estimate of drug-likeness (QED) is 0.552. The van der Waals surface area contributed by atoms with E-state index in [4.69, 9.17) is 21.4 Å². The highest BCUT2D eigenvalue weighted by molar-refractivity contribution is 6.31. The topological polar surface area (TPSA) is 78.9 Å². The van der Waals surface area contributed by atoms with Crippen LogP contribution in [0.4, 0.5) is 20.6 Å². The molecule has 0 aromatic heterocycles. The first kappa shape index (κ1) is 22.9. The van der Waals surface area contributed by atoms with Gasteiger partial charge < -0.3 is 15.2 Å². The lowest BCUT2D eigenvalue weighted by molar-refractivity contribution is -0.138. The lowest BCUT2D eigenvalue weighted by Crippen LogP contribution is -2.50. The summed E-state index contributed by atoms with van der Waals surface area (Å²) in [5.74, 6) is -1.08. The van der Waals surface area contributed by atoms with Gasteiger partial charge in [-0.15, -0.1) is 0 Å². The molecule has 2 aromatic rings. The Morgan fingerprint density at radius 2 is 1.97 bits per heavy atom. The lowest BCUT2D eigenvalue weighted by atomic mass is 9.77. The summed E-state index contributed by atoms with van der Waals surface area (Å²) < 4.78 is 19.3. The highest BCUT2D eigenvalue weighted by Gasteiger charge is 2.39. The maximum absolute atomic E-state index is 14.0. The smallest absolute Gasteiger partial charge is 0.326 e. The van der Waals surface area contributed by atoms with E-state index in [0.717, 1.165) is 17.3 Å². The molecule has 1 saturated carbocycles. The van der Waals surface area contributed by atoms with Gasteiger partial charge >= 0.3 is 12.0 Å². The summed E-state index contributed by atoms with van der Waals surface area (Å²) in [5, 5.41) is 11.7. The van der Waals surface area contributed by atoms with Gasteiger partial charge in [0, 0.05) is 30.3 Å². The first-order valence-electron chi connectivity index (χ1n) is 10.1. The third-order valence-electron chi connectivity index (χ3n) is 5.56. The van der Waals surface area contributed by atoms with Crippen LogP contribution in [-0.4, -0.2) is 30.3 Å². The minimum absolute atomic E-state index is 0.0199. The number of nitrogens with one attached hydrogen (secondary N) is 1. The molecular formula is C23H26ClFN2O4. The molecule has 0 atom stereocenters. The second kappa shape index (κ2) is 9.56. The van der Waals surface area contributed by atoms with Gasteiger partial charge in [0.05, 0.1) is 17.8 Å². The van der Waals surface area contributed by atoms with Crippen molar-refractivity contribution < 1.29 is 23.8 Å². The van der Waals surface area contributed by atoms with Crippen molar-refractivity contribution >= 4 is 35.0 Å². The average molecular weight is 449 g/mol. The summed E-state index contributed by atoms with van der Waals surface area (Å²) in [4.78, 5) is 26.1. The maximum atomic E-state index is 14.0. The molecule has 0 bridgehead atoms. The van der Waals surface area contributed by atoms with Crippen molar-refractivity contribution in [3.05, 3.63) is 52.8 Å². The molecule has 0 saturated heterocycles. The normalized spacial score (nSPS) is 17.7. The van der Waals surface area contributed by atoms with E-state index in [2.05, 4.69) is 5.32 Å². The third kappa shape index (κ3) is 5.10. The van der Waals surface area contributed by atoms with Crippen molar-refractivity contribution in [2.75, 3.05) is 17.3 Å². The molecule has 1 aliphatic rings. The number of amides is 2. The number of carboxylic acids is 1. The number of carbonyl (C=O) groups is 2. The molecule has 2 amide bonds. The molecule has 1 fully saturated rings. The first-order valence-corrected chi connectivity index (χ1v) is 10.5. The number of aliphatic carboxylic acids is 1. The number of benzene rings is 2. The average Bonchev–Trinajstić information content (AvgIpc) is 2.68. The van der Waals surface area contributed by atoms with Gasteiger partial charge in [0.2, 0.25) is 0 Å². The predicted octanol–water partition coefficient (Wildman–Crippen LogP) is 5.90. The molecule has 0 aliphatic heterocycles. The SMILES string of the molecule is COc1cc(Cl)c(F)cc1NC(=O)N(c1ccccc1C(C)C)[C@H]1C[C@@H](CC(=O)O)C1. The number of halogens is 2. The van der Waals surface area contributed by atoms with Crippen LogP contribution in [0.2, 0.25) is 5.02 Å². The van der Waals surface area contributed by atoms with Crippen molar-refractivity contribution in [2.45, 2.75) is 45.1 Å². The van der Waals surface area contributed by atoms with Gasteiger partial charge in [0.25, 0.3) is 0 Å². The molecule has 6 nitrogen and oxygen atoms in total. The van der Waals surface area contributed by atoms with Gasteiger partial charge in [0.1, 0.15) is 11.6 Å². The number of carboxylic acid groups (broad SMARTS) is 1. The number of nitrogens with zero attached hydrogens (tertiary/aromatic N) is 1. The van der Waals surface area contributed by atoms with E-state index < -0.39 is 17.8 Å². The zero-order valence-electron chi connectivity index (χ0n) is 17.7. The predicted molar refractivity (Wildman–Crippen MR) is 119 cm³/mol. The highest BCUT2D eigenvalue weighted by atomic mass is 35.5. The minimum Gasteiger partial charge on any atom is -0.495 e. The van der Waals surface area contributed by atoms with Crippen LogP contribution in [0.15, 0.2) is 36.4 Å². The van der Waals surface area contributed by atoms with Crippen LogP contribution in [0.5, 0.6) is 5.75 Å². The number of methoxy groups -OCH3 is 1. The van der Waals surface area contributed by atoms with Crippen molar-refractivity contribution in [1.29, 1.82) is 0 Å². The van der Waals surface area contributed by atoms with E-state index in [1.807, 2.05) is 38.1 Å². The van der Waals surface area contributed by atoms with Gasteiger partial charge in [-0.05, 0) is 36.3 Å². The Labute approximate surface area is 186 Å². The lowest BCUT2D eigenvalue weighted by Gasteiger charge is -2.43. The number of ether oxygens (including phenoxy) is 1. The summed E-state index contributed by atoms with van der Waals surface area (Å²) in [6.07, 6.45) is 1.24. The Morgan fingerprint density at radius 3 is 2.58 bits per heavy atom. The first-order chi connectivity index (χ1) is 14.7. The number of rotatable bonds is 7. The highest BCUT2D eigenvalue weighted by Crippen LogP contribution is 2.40. The van der Waals surface area contributed by atoms with Crippen molar-refractivity contribution in [1.82, 2.24) is 0 Å². The largest absolute Gasteiger partial charge is 0.495 e. The molecule has 0 heterocycles. The molecule has 31 heavy (non-hydrogen) atoms. The molecule has 2 N–H and O–H groups in total. The van der Waals surface area contributed by atoms with Crippen LogP contribution in [-0.2, 0) is 4.79 Å². The molecule has 0 unspecified atom stereocenters. The van der Waals surface area contributed by atoms with Crippen LogP contribution in [0.25, 0.3) is 0 Å². The summed E-state index contributed by atoms with van der Waals surface area (Å²) in [7, 11) is 1.41. The van der Waals surface area contributed by atoms with Crippen LogP contribution in [0, 0.1) is 11.7 Å². The van der Waals surface area contributed by atoms with Crippen molar-refractivity contribution in [3.8, 4) is 5.75 Å². The molecule has 1 aliphatic carbocycles. The van der Waals surface area contributed by atoms with Crippen molar-refractivity contribution in [3.63, 3.8) is 0 Å². The maximum Gasteiger partial charge on any atom is 0.326 e. The zero-order valence-corrected chi connectivity index (χ0v) is 18.4. The summed E-state index contributed by atoms with van der Waals surface area (Å²) in [5.41, 5.74) is 1.92. The molecule has 0 radical (unpaired) electrons. The Bertz CT molecular complexity index is 976. The Morgan fingerprint density at radius 1 is 1.29 bits per heavy atom. The zero-order chi connectivity index (χ0) is 22.7.